The molecule has 4 aliphatic rings. The van der Waals surface area contributed by atoms with Gasteiger partial charge in [-0.3, -0.25) is 15.3 Å². The minimum absolute atomic E-state index is 0.118. The summed E-state index contributed by atoms with van der Waals surface area (Å²) in [5.74, 6) is 1.04. The summed E-state index contributed by atoms with van der Waals surface area (Å²) in [5, 5.41) is 3.68. The Morgan fingerprint density at radius 3 is 3.05 bits per heavy atom. The molecule has 1 saturated carbocycles. The van der Waals surface area contributed by atoms with Crippen LogP contribution in [0.15, 0.2) is 33.4 Å². The van der Waals surface area contributed by atoms with Crippen LogP contribution < -0.4 is 5.32 Å². The third-order valence-electron chi connectivity index (χ3n) is 5.09. The van der Waals surface area contributed by atoms with Gasteiger partial charge in [0.1, 0.15) is 6.17 Å². The molecule has 5 atom stereocenters. The van der Waals surface area contributed by atoms with Crippen molar-refractivity contribution >= 4 is 27.4 Å². The van der Waals surface area contributed by atoms with Crippen LogP contribution in [-0.2, 0) is 0 Å². The van der Waals surface area contributed by atoms with Gasteiger partial charge in [-0.1, -0.05) is 28.4 Å². The molecular weight excluding hydrogens is 314 g/mol. The molecule has 5 unspecified atom stereocenters. The number of hydrogen-bond donors (Lipinski definition) is 1. The summed E-state index contributed by atoms with van der Waals surface area (Å²) in [5.41, 5.74) is 4.81. The standard InChI is InChI=1S/C16H20BrN3/c1-8-5-13-14(6-9(8)2)20-16-15(18-13)11-7-10(17)3-4-12(11)19-16/h5-6,8,10-12,16,19H,3-4,7H2,1-2H3. The second-order valence-corrected chi connectivity index (χ2v) is 7.77. The number of nitrogens with one attached hydrogen (secondary N) is 1. The number of nitrogens with zero attached hydrogens (tertiary/aromatic N) is 2. The molecule has 0 radical (unpaired) electrons. The van der Waals surface area contributed by atoms with E-state index in [1.54, 1.807) is 0 Å². The van der Waals surface area contributed by atoms with Gasteiger partial charge in [-0.2, -0.15) is 0 Å². The van der Waals surface area contributed by atoms with Gasteiger partial charge in [0.25, 0.3) is 0 Å². The summed E-state index contributed by atoms with van der Waals surface area (Å²) in [7, 11) is 0. The molecule has 2 aliphatic carbocycles. The van der Waals surface area contributed by atoms with Crippen LogP contribution in [-0.4, -0.2) is 28.5 Å². The van der Waals surface area contributed by atoms with E-state index < -0.39 is 0 Å². The van der Waals surface area contributed by atoms with E-state index in [4.69, 9.17) is 9.98 Å². The largest absolute Gasteiger partial charge is 0.288 e. The van der Waals surface area contributed by atoms with Crippen LogP contribution in [0.1, 0.15) is 33.1 Å². The van der Waals surface area contributed by atoms with Gasteiger partial charge >= 0.3 is 0 Å². The Bertz CT molecular complexity index is 572. The lowest BCUT2D eigenvalue weighted by molar-refractivity contribution is 0.365. The van der Waals surface area contributed by atoms with Crippen LogP contribution in [0.4, 0.5) is 0 Å². The Morgan fingerprint density at radius 1 is 1.35 bits per heavy atom. The van der Waals surface area contributed by atoms with Crippen molar-refractivity contribution in [2.75, 3.05) is 0 Å². The summed E-state index contributed by atoms with van der Waals surface area (Å²) >= 11 is 3.78. The van der Waals surface area contributed by atoms with E-state index in [9.17, 15) is 0 Å². The first-order valence-electron chi connectivity index (χ1n) is 7.58. The third kappa shape index (κ3) is 1.96. The van der Waals surface area contributed by atoms with Crippen molar-refractivity contribution in [1.29, 1.82) is 0 Å². The number of hydrogen-bond acceptors (Lipinski definition) is 3. The fourth-order valence-electron chi connectivity index (χ4n) is 3.73. The van der Waals surface area contributed by atoms with Crippen molar-refractivity contribution in [3.63, 3.8) is 0 Å². The predicted molar refractivity (Wildman–Crippen MR) is 86.6 cm³/mol. The molecule has 20 heavy (non-hydrogen) atoms. The van der Waals surface area contributed by atoms with Crippen LogP contribution in [0.3, 0.4) is 0 Å². The minimum Gasteiger partial charge on any atom is -0.288 e. The number of aliphatic imine (C=N–C) groups is 2. The average Bonchev–Trinajstić information content (AvgIpc) is 2.75. The molecule has 1 saturated heterocycles. The van der Waals surface area contributed by atoms with E-state index >= 15 is 0 Å². The molecule has 0 aromatic rings. The Hall–Kier alpha value is -0.740. The average molecular weight is 334 g/mol. The van der Waals surface area contributed by atoms with Gasteiger partial charge in [0.15, 0.2) is 0 Å². The monoisotopic (exact) mass is 333 g/mol. The quantitative estimate of drug-likeness (QED) is 0.679. The van der Waals surface area contributed by atoms with Gasteiger partial charge in [-0.25, -0.2) is 0 Å². The van der Waals surface area contributed by atoms with Gasteiger partial charge in [0.05, 0.1) is 17.1 Å². The first-order chi connectivity index (χ1) is 9.61. The molecule has 4 heteroatoms. The van der Waals surface area contributed by atoms with Gasteiger partial charge in [-0.15, -0.1) is 0 Å². The summed E-state index contributed by atoms with van der Waals surface area (Å²) in [6, 6.07) is 0.570. The number of rotatable bonds is 0. The van der Waals surface area contributed by atoms with Crippen LogP contribution in [0, 0.1) is 11.8 Å². The van der Waals surface area contributed by atoms with E-state index in [-0.39, 0.29) is 6.17 Å². The fraction of sp³-hybridized carbons (Fsp3) is 0.625. The van der Waals surface area contributed by atoms with Crippen molar-refractivity contribution in [2.24, 2.45) is 21.8 Å². The molecule has 3 nitrogen and oxygen atoms in total. The summed E-state index contributed by atoms with van der Waals surface area (Å²) < 4.78 is 0. The third-order valence-corrected chi connectivity index (χ3v) is 5.92. The summed E-state index contributed by atoms with van der Waals surface area (Å²) in [4.78, 5) is 10.5. The normalized spacial score (nSPS) is 42.6. The molecule has 1 N–H and O–H groups in total. The second-order valence-electron chi connectivity index (χ2n) is 6.47. The number of halogens is 1. The Kier molecular flexibility index (Phi) is 3.00. The lowest BCUT2D eigenvalue weighted by atomic mass is 9.83. The highest BCUT2D eigenvalue weighted by Gasteiger charge is 2.44. The zero-order valence-corrected chi connectivity index (χ0v) is 13.5. The van der Waals surface area contributed by atoms with Crippen molar-refractivity contribution in [3.05, 3.63) is 23.4 Å². The van der Waals surface area contributed by atoms with Gasteiger partial charge in [0, 0.05) is 16.8 Å². The maximum Gasteiger partial charge on any atom is 0.140 e. The van der Waals surface area contributed by atoms with Crippen LogP contribution in [0.2, 0.25) is 0 Å². The highest BCUT2D eigenvalue weighted by molar-refractivity contribution is 9.09. The molecule has 0 aromatic heterocycles. The number of allylic oxidation sites excluding steroid dienone is 3. The SMILES string of the molecule is CC1=CC2=NC3NC4CCC(Br)CC4C3=NC2=CC1C. The first-order valence-corrected chi connectivity index (χ1v) is 8.50. The van der Waals surface area contributed by atoms with Crippen LogP contribution >= 0.6 is 15.9 Å². The lowest BCUT2D eigenvalue weighted by Gasteiger charge is -2.28. The maximum absolute atomic E-state index is 4.99. The number of alkyl halides is 1. The van der Waals surface area contributed by atoms with Crippen molar-refractivity contribution in [3.8, 4) is 0 Å². The zero-order valence-electron chi connectivity index (χ0n) is 11.9. The van der Waals surface area contributed by atoms with E-state index in [1.807, 2.05) is 0 Å². The Labute approximate surface area is 128 Å². The molecule has 0 amide bonds. The second kappa shape index (κ2) is 4.63. The Morgan fingerprint density at radius 2 is 2.20 bits per heavy atom. The first kappa shape index (κ1) is 13.0. The zero-order chi connectivity index (χ0) is 13.9. The lowest BCUT2D eigenvalue weighted by Crippen LogP contribution is -2.35. The smallest absolute Gasteiger partial charge is 0.140 e. The number of fused-ring (bicyclic) bond motifs is 4. The molecule has 106 valence electrons. The highest BCUT2D eigenvalue weighted by atomic mass is 79.9. The summed E-state index contributed by atoms with van der Waals surface area (Å²) in [6.45, 7) is 4.41. The van der Waals surface area contributed by atoms with Crippen molar-refractivity contribution in [1.82, 2.24) is 5.32 Å². The maximum atomic E-state index is 4.99. The summed E-state index contributed by atoms with van der Waals surface area (Å²) in [6.07, 6.45) is 8.26. The Balaban J connectivity index is 1.70. The molecule has 4 rings (SSSR count). The topological polar surface area (TPSA) is 36.8 Å². The molecule has 2 aliphatic heterocycles. The molecule has 0 aromatic carbocycles. The minimum atomic E-state index is 0.118. The van der Waals surface area contributed by atoms with Crippen molar-refractivity contribution < 1.29 is 0 Å². The van der Waals surface area contributed by atoms with E-state index in [1.165, 1.54) is 30.5 Å². The molecule has 0 spiro atoms. The van der Waals surface area contributed by atoms with Crippen molar-refractivity contribution in [2.45, 2.75) is 50.1 Å². The molecule has 2 fully saturated rings. The van der Waals surface area contributed by atoms with Crippen LogP contribution in [0.25, 0.3) is 0 Å². The van der Waals surface area contributed by atoms with E-state index in [0.717, 1.165) is 11.4 Å². The highest BCUT2D eigenvalue weighted by Crippen LogP contribution is 2.38. The molecule has 0 bridgehead atoms. The van der Waals surface area contributed by atoms with Gasteiger partial charge in [-0.05, 0) is 44.3 Å². The van der Waals surface area contributed by atoms with Gasteiger partial charge < -0.3 is 0 Å². The molecule has 2 heterocycles. The van der Waals surface area contributed by atoms with E-state index in [0.29, 0.717) is 22.7 Å². The predicted octanol–water partition coefficient (Wildman–Crippen LogP) is 3.22. The van der Waals surface area contributed by atoms with E-state index in [2.05, 4.69) is 47.2 Å². The van der Waals surface area contributed by atoms with Gasteiger partial charge in [0.2, 0.25) is 0 Å². The fourth-order valence-corrected chi connectivity index (χ4v) is 4.40. The molecular formula is C16H20BrN3. The van der Waals surface area contributed by atoms with Crippen LogP contribution in [0.5, 0.6) is 0 Å².